The van der Waals surface area contributed by atoms with Gasteiger partial charge in [-0.3, -0.25) is 9.58 Å². The Kier molecular flexibility index (Phi) is 10.4. The van der Waals surface area contributed by atoms with Gasteiger partial charge in [0.05, 0.1) is 36.0 Å². The van der Waals surface area contributed by atoms with Crippen LogP contribution in [-0.4, -0.2) is 92.3 Å². The molecule has 7 rings (SSSR count). The predicted octanol–water partition coefficient (Wildman–Crippen LogP) is 5.15. The third kappa shape index (κ3) is 8.34. The number of hydrogen-bond acceptors (Lipinski definition) is 13. The molecule has 0 spiro atoms. The SMILES string of the molecule is C[C@@H]1CN([C@H]2CC[C@H](n3cc(Nc4ncc(-c5ccc(Cl)c(O[C@@H](C)Cn6cnnn6)c5)cn4)c(OCc4ncccn4)n3)CC2)C[C@H](C)O1. The van der Waals surface area contributed by atoms with E-state index in [1.165, 1.54) is 0 Å². The fourth-order valence-corrected chi connectivity index (χ4v) is 6.87. The number of morpholine rings is 1. The Morgan fingerprint density at radius 3 is 2.44 bits per heavy atom. The molecule has 0 unspecified atom stereocenters. The molecule has 2 aliphatic rings. The lowest BCUT2D eigenvalue weighted by molar-refractivity contribution is -0.0852. The van der Waals surface area contributed by atoms with Gasteiger partial charge < -0.3 is 19.5 Å². The third-order valence-corrected chi connectivity index (χ3v) is 9.30. The molecule has 1 aromatic carbocycles. The van der Waals surface area contributed by atoms with Gasteiger partial charge in [-0.1, -0.05) is 17.7 Å². The van der Waals surface area contributed by atoms with E-state index >= 15 is 0 Å². The van der Waals surface area contributed by atoms with Crippen LogP contribution in [0.4, 0.5) is 11.6 Å². The molecule has 4 aromatic heterocycles. The third-order valence-electron chi connectivity index (χ3n) is 8.99. The van der Waals surface area contributed by atoms with Crippen LogP contribution in [0.5, 0.6) is 11.6 Å². The van der Waals surface area contributed by atoms with Crippen molar-refractivity contribution in [2.45, 2.75) is 90.0 Å². The first kappa shape index (κ1) is 33.8. The van der Waals surface area contributed by atoms with Crippen molar-refractivity contribution >= 4 is 23.2 Å². The molecule has 5 heterocycles. The first-order chi connectivity index (χ1) is 24.4. The van der Waals surface area contributed by atoms with Gasteiger partial charge >= 0.3 is 0 Å². The highest BCUT2D eigenvalue weighted by molar-refractivity contribution is 6.32. The van der Waals surface area contributed by atoms with Crippen LogP contribution in [0.3, 0.4) is 0 Å². The maximum atomic E-state index is 6.47. The minimum absolute atomic E-state index is 0.182. The van der Waals surface area contributed by atoms with Crippen LogP contribution in [-0.2, 0) is 17.9 Å². The number of tetrazole rings is 1. The second-order valence-electron chi connectivity index (χ2n) is 13.0. The summed E-state index contributed by atoms with van der Waals surface area (Å²) < 4.78 is 21.9. The van der Waals surface area contributed by atoms with E-state index in [1.807, 2.05) is 29.9 Å². The van der Waals surface area contributed by atoms with Crippen LogP contribution >= 0.6 is 11.6 Å². The maximum Gasteiger partial charge on any atom is 0.257 e. The van der Waals surface area contributed by atoms with Crippen LogP contribution in [0.1, 0.15) is 58.3 Å². The van der Waals surface area contributed by atoms with E-state index in [0.29, 0.717) is 46.7 Å². The van der Waals surface area contributed by atoms with Crippen LogP contribution in [0.2, 0.25) is 5.02 Å². The molecule has 0 radical (unpaired) electrons. The van der Waals surface area contributed by atoms with E-state index < -0.39 is 0 Å². The Bertz CT molecular complexity index is 1810. The number of hydrogen-bond donors (Lipinski definition) is 1. The summed E-state index contributed by atoms with van der Waals surface area (Å²) in [7, 11) is 0. The summed E-state index contributed by atoms with van der Waals surface area (Å²) >= 11 is 6.47. The molecule has 1 N–H and O–H groups in total. The minimum atomic E-state index is -0.215. The van der Waals surface area contributed by atoms with Gasteiger partial charge in [-0.2, -0.15) is 0 Å². The lowest BCUT2D eigenvalue weighted by Crippen LogP contribution is -2.51. The van der Waals surface area contributed by atoms with Gasteiger partial charge in [0.15, 0.2) is 5.82 Å². The molecular weight excluding hydrogens is 660 g/mol. The average Bonchev–Trinajstić information content (AvgIpc) is 3.79. The highest BCUT2D eigenvalue weighted by Crippen LogP contribution is 2.36. The summed E-state index contributed by atoms with van der Waals surface area (Å²) in [5.74, 6) is 1.97. The van der Waals surface area contributed by atoms with Crippen molar-refractivity contribution in [3.05, 3.63) is 72.4 Å². The molecule has 0 bridgehead atoms. The number of ether oxygens (including phenoxy) is 3. The van der Waals surface area contributed by atoms with E-state index in [1.54, 1.807) is 47.9 Å². The van der Waals surface area contributed by atoms with Crippen molar-refractivity contribution in [1.29, 1.82) is 0 Å². The van der Waals surface area contributed by atoms with E-state index in [4.69, 9.17) is 30.9 Å². The van der Waals surface area contributed by atoms with Crippen molar-refractivity contribution in [3.63, 3.8) is 0 Å². The van der Waals surface area contributed by atoms with Gasteiger partial charge in [0.25, 0.3) is 5.88 Å². The van der Waals surface area contributed by atoms with Crippen molar-refractivity contribution < 1.29 is 14.2 Å². The van der Waals surface area contributed by atoms with Gasteiger partial charge in [-0.25, -0.2) is 24.6 Å². The van der Waals surface area contributed by atoms with Gasteiger partial charge in [0, 0.05) is 49.5 Å². The first-order valence-electron chi connectivity index (χ1n) is 17.0. The van der Waals surface area contributed by atoms with Crippen LogP contribution < -0.4 is 14.8 Å². The molecule has 16 heteroatoms. The number of anilines is 2. The van der Waals surface area contributed by atoms with Crippen molar-refractivity contribution in [2.75, 3.05) is 18.4 Å². The lowest BCUT2D eigenvalue weighted by Gasteiger charge is -2.42. The van der Waals surface area contributed by atoms with Crippen LogP contribution in [0.25, 0.3) is 11.1 Å². The molecule has 1 saturated heterocycles. The second kappa shape index (κ2) is 15.4. The highest BCUT2D eigenvalue weighted by Gasteiger charge is 2.32. The molecule has 1 saturated carbocycles. The van der Waals surface area contributed by atoms with Crippen LogP contribution in [0.15, 0.2) is 61.6 Å². The summed E-state index contributed by atoms with van der Waals surface area (Å²) in [6.45, 7) is 8.90. The topological polar surface area (TPSA) is 156 Å². The predicted molar refractivity (Wildman–Crippen MR) is 185 cm³/mol. The fraction of sp³-hybridized carbons (Fsp3) is 0.471. The summed E-state index contributed by atoms with van der Waals surface area (Å²) in [4.78, 5) is 20.4. The number of aromatic nitrogens is 10. The lowest BCUT2D eigenvalue weighted by atomic mass is 9.89. The molecular formula is C34H41ClN12O3. The van der Waals surface area contributed by atoms with Gasteiger partial charge in [-0.15, -0.1) is 10.2 Å². The van der Waals surface area contributed by atoms with Gasteiger partial charge in [0.1, 0.15) is 30.5 Å². The van der Waals surface area contributed by atoms with Crippen molar-refractivity contribution in [1.82, 2.24) is 54.8 Å². The summed E-state index contributed by atoms with van der Waals surface area (Å²) in [5, 5.41) is 19.9. The summed E-state index contributed by atoms with van der Waals surface area (Å²) in [6.07, 6.45) is 15.0. The Hall–Kier alpha value is -4.73. The monoisotopic (exact) mass is 700 g/mol. The number of nitrogens with one attached hydrogen (secondary N) is 1. The molecule has 262 valence electrons. The smallest absolute Gasteiger partial charge is 0.257 e. The van der Waals surface area contributed by atoms with Crippen molar-refractivity contribution in [2.24, 2.45) is 0 Å². The second-order valence-corrected chi connectivity index (χ2v) is 13.4. The molecule has 3 atom stereocenters. The highest BCUT2D eigenvalue weighted by atomic mass is 35.5. The normalized spacial score (nSPS) is 21.8. The maximum absolute atomic E-state index is 6.47. The number of halogens is 1. The quantitative estimate of drug-likeness (QED) is 0.182. The Balaban J connectivity index is 1.04. The molecule has 1 aliphatic carbocycles. The van der Waals surface area contributed by atoms with Crippen LogP contribution in [0, 0.1) is 0 Å². The molecule has 50 heavy (non-hydrogen) atoms. The first-order valence-corrected chi connectivity index (χ1v) is 17.4. The Morgan fingerprint density at radius 1 is 0.980 bits per heavy atom. The molecule has 1 aliphatic heterocycles. The average molecular weight is 701 g/mol. The van der Waals surface area contributed by atoms with Crippen molar-refractivity contribution in [3.8, 4) is 22.8 Å². The largest absolute Gasteiger partial charge is 0.487 e. The molecule has 15 nitrogen and oxygen atoms in total. The Morgan fingerprint density at radius 2 is 1.72 bits per heavy atom. The van der Waals surface area contributed by atoms with E-state index in [0.717, 1.165) is 49.9 Å². The minimum Gasteiger partial charge on any atom is -0.487 e. The summed E-state index contributed by atoms with van der Waals surface area (Å²) in [5.41, 5.74) is 2.34. The van der Waals surface area contributed by atoms with E-state index in [2.05, 4.69) is 59.5 Å². The zero-order chi connectivity index (χ0) is 34.5. The fourth-order valence-electron chi connectivity index (χ4n) is 6.71. The molecule has 0 amide bonds. The van der Waals surface area contributed by atoms with E-state index in [9.17, 15) is 0 Å². The van der Waals surface area contributed by atoms with E-state index in [-0.39, 0.29) is 31.0 Å². The van der Waals surface area contributed by atoms with Gasteiger partial charge in [-0.05, 0) is 80.6 Å². The number of benzene rings is 1. The van der Waals surface area contributed by atoms with Gasteiger partial charge in [0.2, 0.25) is 5.95 Å². The number of rotatable bonds is 12. The standard InChI is InChI=1S/C34H41ClN12O3/c1-22-16-45(17-23(2)49-22)27-6-8-28(9-7-27)47-19-30(33(42-47)48-20-32-36-11-4-12-37-32)41-34-38-14-26(15-39-34)25-5-10-29(35)31(13-25)50-24(3)18-46-21-40-43-44-46/h4-5,10-15,19,21-24,27-28H,6-9,16-18,20H2,1-3H3,(H,38,39,41)/t22-,23+,24-,27-,28-/m0/s1. The number of nitrogens with zero attached hydrogens (tertiary/aromatic N) is 11. The molecule has 5 aromatic rings. The zero-order valence-corrected chi connectivity index (χ0v) is 29.1. The zero-order valence-electron chi connectivity index (χ0n) is 28.3. The molecule has 2 fully saturated rings. The Labute approximate surface area is 295 Å². The summed E-state index contributed by atoms with van der Waals surface area (Å²) in [6, 6.07) is 8.18.